The van der Waals surface area contributed by atoms with Crippen LogP contribution in [0.5, 0.6) is 0 Å². The number of hydrogen-bond acceptors (Lipinski definition) is 4. The number of anilines is 1. The van der Waals surface area contributed by atoms with Crippen LogP contribution >= 0.6 is 11.6 Å². The topological polar surface area (TPSA) is 71.5 Å². The van der Waals surface area contributed by atoms with Gasteiger partial charge >= 0.3 is 0 Å². The summed E-state index contributed by atoms with van der Waals surface area (Å²) in [4.78, 5) is -0.295. The van der Waals surface area contributed by atoms with Crippen LogP contribution in [-0.2, 0) is 19.9 Å². The van der Waals surface area contributed by atoms with Crippen molar-refractivity contribution < 1.29 is 16.8 Å². The summed E-state index contributed by atoms with van der Waals surface area (Å²) in [6.45, 7) is 2.25. The Morgan fingerprint density at radius 1 is 1.00 bits per heavy atom. The smallest absolute Gasteiger partial charge is 0.265 e. The van der Waals surface area contributed by atoms with Gasteiger partial charge in [0, 0.05) is 12.8 Å². The van der Waals surface area contributed by atoms with E-state index in [1.54, 1.807) is 30.3 Å². The normalized spacial score (nSPS) is 12.1. The van der Waals surface area contributed by atoms with Gasteiger partial charge in [-0.25, -0.2) is 16.8 Å². The number of unbranched alkanes of at least 4 members (excludes halogenated alkanes) is 1. The highest BCUT2D eigenvalue weighted by Gasteiger charge is 2.28. The van der Waals surface area contributed by atoms with Gasteiger partial charge < -0.3 is 0 Å². The van der Waals surface area contributed by atoms with Gasteiger partial charge in [-0.3, -0.25) is 4.31 Å². The molecule has 0 saturated heterocycles. The summed E-state index contributed by atoms with van der Waals surface area (Å²) in [5.74, 6) is 0. The third-order valence-electron chi connectivity index (χ3n) is 3.66. The van der Waals surface area contributed by atoms with Crippen LogP contribution in [0.2, 0.25) is 5.02 Å². The van der Waals surface area contributed by atoms with E-state index < -0.39 is 19.9 Å². The minimum atomic E-state index is -4.00. The number of rotatable bonds is 7. The highest BCUT2D eigenvalue weighted by molar-refractivity contribution is 7.93. The lowest BCUT2D eigenvalue weighted by Crippen LogP contribution is -2.32. The first-order valence-electron chi connectivity index (χ1n) is 7.75. The van der Waals surface area contributed by atoms with Crippen molar-refractivity contribution in [2.24, 2.45) is 0 Å². The average molecular weight is 402 g/mol. The SMILES string of the molecule is CCCCN(c1ccccc1)S(=O)(=O)c1cc(S(C)(=O)=O)ccc1Cl. The molecule has 0 N–H and O–H groups in total. The van der Waals surface area contributed by atoms with E-state index in [2.05, 4.69) is 0 Å². The van der Waals surface area contributed by atoms with Crippen molar-refractivity contribution in [2.45, 2.75) is 29.6 Å². The Kier molecular flexibility index (Phi) is 6.13. The largest absolute Gasteiger partial charge is 0.266 e. The van der Waals surface area contributed by atoms with E-state index in [0.717, 1.165) is 18.7 Å². The van der Waals surface area contributed by atoms with E-state index in [-0.39, 0.29) is 21.4 Å². The molecule has 0 radical (unpaired) electrons. The fourth-order valence-corrected chi connectivity index (χ4v) is 5.04. The maximum atomic E-state index is 13.2. The van der Waals surface area contributed by atoms with Crippen LogP contribution in [0.25, 0.3) is 0 Å². The quantitative estimate of drug-likeness (QED) is 0.708. The Hall–Kier alpha value is -1.57. The molecule has 0 amide bonds. The Morgan fingerprint density at radius 3 is 2.20 bits per heavy atom. The third-order valence-corrected chi connectivity index (χ3v) is 7.08. The number of nitrogens with zero attached hydrogens (tertiary/aromatic N) is 1. The zero-order chi connectivity index (χ0) is 18.7. The van der Waals surface area contributed by atoms with Crippen LogP contribution in [0.4, 0.5) is 5.69 Å². The molecule has 2 aromatic carbocycles. The number of para-hydroxylation sites is 1. The van der Waals surface area contributed by atoms with Crippen molar-refractivity contribution in [1.29, 1.82) is 0 Å². The van der Waals surface area contributed by atoms with E-state index in [4.69, 9.17) is 11.6 Å². The van der Waals surface area contributed by atoms with Gasteiger partial charge in [0.15, 0.2) is 9.84 Å². The zero-order valence-corrected chi connectivity index (χ0v) is 16.4. The highest BCUT2D eigenvalue weighted by atomic mass is 35.5. The average Bonchev–Trinajstić information content (AvgIpc) is 2.55. The molecule has 0 aliphatic rings. The van der Waals surface area contributed by atoms with Gasteiger partial charge in [-0.15, -0.1) is 0 Å². The minimum absolute atomic E-state index is 0.00942. The van der Waals surface area contributed by atoms with Gasteiger partial charge in [-0.05, 0) is 36.8 Å². The van der Waals surface area contributed by atoms with E-state index in [9.17, 15) is 16.8 Å². The predicted molar refractivity (Wildman–Crippen MR) is 100 cm³/mol. The van der Waals surface area contributed by atoms with E-state index in [1.807, 2.05) is 6.92 Å². The Balaban J connectivity index is 2.61. The summed E-state index contributed by atoms with van der Waals surface area (Å²) in [7, 11) is -7.55. The summed E-state index contributed by atoms with van der Waals surface area (Å²) in [6.07, 6.45) is 2.51. The number of benzene rings is 2. The van der Waals surface area contributed by atoms with E-state index in [0.29, 0.717) is 12.1 Å². The molecule has 0 aliphatic heterocycles. The summed E-state index contributed by atoms with van der Waals surface area (Å²) >= 11 is 6.10. The van der Waals surface area contributed by atoms with Gasteiger partial charge in [-0.2, -0.15) is 0 Å². The monoisotopic (exact) mass is 401 g/mol. The number of hydrogen-bond donors (Lipinski definition) is 0. The maximum absolute atomic E-state index is 13.2. The second-order valence-corrected chi connectivity index (χ2v) is 9.88. The Bertz CT molecular complexity index is 942. The van der Waals surface area contributed by atoms with Gasteiger partial charge in [0.05, 0.1) is 15.6 Å². The van der Waals surface area contributed by atoms with Gasteiger partial charge in [0.25, 0.3) is 10.0 Å². The molecule has 2 rings (SSSR count). The van der Waals surface area contributed by atoms with Crippen molar-refractivity contribution in [3.05, 3.63) is 53.6 Å². The first kappa shape index (κ1) is 19.8. The van der Waals surface area contributed by atoms with Crippen molar-refractivity contribution in [3.8, 4) is 0 Å². The summed E-state index contributed by atoms with van der Waals surface area (Å²) in [5.41, 5.74) is 0.511. The lowest BCUT2D eigenvalue weighted by Gasteiger charge is -2.25. The first-order chi connectivity index (χ1) is 11.7. The molecular formula is C17H20ClNO4S2. The van der Waals surface area contributed by atoms with Crippen molar-refractivity contribution in [1.82, 2.24) is 0 Å². The van der Waals surface area contributed by atoms with Gasteiger partial charge in [0.2, 0.25) is 0 Å². The predicted octanol–water partition coefficient (Wildman–Crippen LogP) is 3.74. The molecule has 5 nitrogen and oxygen atoms in total. The molecule has 0 aromatic heterocycles. The molecule has 0 atom stereocenters. The maximum Gasteiger partial charge on any atom is 0.265 e. The van der Waals surface area contributed by atoms with Crippen LogP contribution in [0.15, 0.2) is 58.3 Å². The lowest BCUT2D eigenvalue weighted by atomic mass is 10.3. The van der Waals surface area contributed by atoms with Crippen LogP contribution in [0.3, 0.4) is 0 Å². The zero-order valence-electron chi connectivity index (χ0n) is 14.0. The molecule has 0 fully saturated rings. The first-order valence-corrected chi connectivity index (χ1v) is 11.5. The minimum Gasteiger partial charge on any atom is -0.266 e. The Morgan fingerprint density at radius 2 is 1.64 bits per heavy atom. The molecule has 0 unspecified atom stereocenters. The molecule has 8 heteroatoms. The number of sulfonamides is 1. The molecule has 0 saturated carbocycles. The van der Waals surface area contributed by atoms with Crippen molar-refractivity contribution in [2.75, 3.05) is 17.1 Å². The third kappa shape index (κ3) is 4.54. The van der Waals surface area contributed by atoms with Crippen molar-refractivity contribution >= 4 is 37.1 Å². The molecular weight excluding hydrogens is 382 g/mol. The standard InChI is InChI=1S/C17H20ClNO4S2/c1-3-4-12-19(14-8-6-5-7-9-14)25(22,23)17-13-15(24(2,20)21)10-11-16(17)18/h5-11,13H,3-4,12H2,1-2H3. The lowest BCUT2D eigenvalue weighted by molar-refractivity contribution is 0.588. The second kappa shape index (κ2) is 7.76. The molecule has 25 heavy (non-hydrogen) atoms. The van der Waals surface area contributed by atoms with E-state index in [1.165, 1.54) is 16.4 Å². The van der Waals surface area contributed by atoms with Crippen LogP contribution < -0.4 is 4.31 Å². The van der Waals surface area contributed by atoms with Crippen LogP contribution in [0, 0.1) is 0 Å². The highest BCUT2D eigenvalue weighted by Crippen LogP contribution is 2.30. The molecule has 0 aliphatic carbocycles. The molecule has 136 valence electrons. The fraction of sp³-hybridized carbons (Fsp3) is 0.294. The molecule has 0 spiro atoms. The summed E-state index contributed by atoms with van der Waals surface area (Å²) < 4.78 is 51.2. The molecule has 0 bridgehead atoms. The number of halogens is 1. The summed E-state index contributed by atoms with van der Waals surface area (Å²) in [5, 5.41) is -0.00942. The van der Waals surface area contributed by atoms with E-state index >= 15 is 0 Å². The Labute approximate surface area is 154 Å². The fourth-order valence-electron chi connectivity index (χ4n) is 2.31. The molecule has 2 aromatic rings. The summed E-state index contributed by atoms with van der Waals surface area (Å²) in [6, 6.07) is 12.4. The van der Waals surface area contributed by atoms with Gasteiger partial charge in [0.1, 0.15) is 4.90 Å². The van der Waals surface area contributed by atoms with Crippen LogP contribution in [0.1, 0.15) is 19.8 Å². The number of sulfone groups is 1. The molecule has 0 heterocycles. The van der Waals surface area contributed by atoms with Crippen LogP contribution in [-0.4, -0.2) is 29.6 Å². The second-order valence-electron chi connectivity index (χ2n) is 5.63. The van der Waals surface area contributed by atoms with Crippen molar-refractivity contribution in [3.63, 3.8) is 0 Å². The van der Waals surface area contributed by atoms with Gasteiger partial charge in [-0.1, -0.05) is 43.1 Å².